The van der Waals surface area contributed by atoms with Crippen molar-refractivity contribution in [2.75, 3.05) is 32.1 Å². The first-order valence-corrected chi connectivity index (χ1v) is 8.06. The van der Waals surface area contributed by atoms with Gasteiger partial charge in [0.2, 0.25) is 5.91 Å². The van der Waals surface area contributed by atoms with Crippen LogP contribution in [0.15, 0.2) is 29.2 Å². The molecule has 0 bridgehead atoms. The quantitative estimate of drug-likeness (QED) is 0.610. The van der Waals surface area contributed by atoms with E-state index in [0.717, 1.165) is 28.8 Å². The summed E-state index contributed by atoms with van der Waals surface area (Å²) in [5.41, 5.74) is 0. The lowest BCUT2D eigenvalue weighted by atomic mass is 10.2. The van der Waals surface area contributed by atoms with Gasteiger partial charge >= 0.3 is 0 Å². The van der Waals surface area contributed by atoms with E-state index >= 15 is 0 Å². The van der Waals surface area contributed by atoms with Crippen molar-refractivity contribution >= 4 is 41.7 Å². The van der Waals surface area contributed by atoms with E-state index in [-0.39, 0.29) is 24.4 Å². The molecule has 1 amide bonds. The number of benzene rings is 1. The van der Waals surface area contributed by atoms with Gasteiger partial charge in [-0.15, -0.1) is 24.2 Å². The fourth-order valence-electron chi connectivity index (χ4n) is 1.94. The second-order valence-electron chi connectivity index (χ2n) is 4.58. The Morgan fingerprint density at radius 2 is 2.19 bits per heavy atom. The van der Waals surface area contributed by atoms with Crippen LogP contribution in [0, 0.1) is 0 Å². The van der Waals surface area contributed by atoms with Crippen molar-refractivity contribution in [1.29, 1.82) is 0 Å². The summed E-state index contributed by atoms with van der Waals surface area (Å²) in [6.45, 7) is 2.84. The summed E-state index contributed by atoms with van der Waals surface area (Å²) in [5.74, 6) is 0.923. The first kappa shape index (κ1) is 18.6. The Hall–Kier alpha value is -0.460. The molecule has 2 N–H and O–H groups in total. The fraction of sp³-hybridized carbons (Fsp3) is 0.500. The van der Waals surface area contributed by atoms with Crippen molar-refractivity contribution in [1.82, 2.24) is 10.6 Å². The number of carbonyl (C=O) groups is 1. The van der Waals surface area contributed by atoms with Crippen molar-refractivity contribution < 1.29 is 9.53 Å². The van der Waals surface area contributed by atoms with E-state index in [2.05, 4.69) is 10.6 Å². The Morgan fingerprint density at radius 1 is 1.43 bits per heavy atom. The second kappa shape index (κ2) is 10.3. The monoisotopic (exact) mass is 350 g/mol. The highest BCUT2D eigenvalue weighted by atomic mass is 35.5. The minimum absolute atomic E-state index is 0. The zero-order valence-electron chi connectivity index (χ0n) is 11.6. The maximum atomic E-state index is 11.7. The highest BCUT2D eigenvalue weighted by molar-refractivity contribution is 7.99. The maximum Gasteiger partial charge on any atom is 0.221 e. The van der Waals surface area contributed by atoms with Gasteiger partial charge in [0, 0.05) is 41.2 Å². The van der Waals surface area contributed by atoms with E-state index in [1.807, 2.05) is 24.3 Å². The third-order valence-electron chi connectivity index (χ3n) is 2.94. The second-order valence-corrected chi connectivity index (χ2v) is 6.19. The Kier molecular flexibility index (Phi) is 9.11. The van der Waals surface area contributed by atoms with E-state index in [4.69, 9.17) is 16.3 Å². The third-order valence-corrected chi connectivity index (χ3v) is 4.20. The molecule has 1 unspecified atom stereocenters. The molecule has 0 aromatic heterocycles. The zero-order valence-corrected chi connectivity index (χ0v) is 14.0. The van der Waals surface area contributed by atoms with Gasteiger partial charge in [-0.05, 0) is 24.3 Å². The Bertz CT molecular complexity index is 425. The van der Waals surface area contributed by atoms with Gasteiger partial charge in [0.15, 0.2) is 0 Å². The summed E-state index contributed by atoms with van der Waals surface area (Å²) in [6, 6.07) is 7.86. The van der Waals surface area contributed by atoms with Gasteiger partial charge in [-0.1, -0.05) is 11.6 Å². The first-order valence-electron chi connectivity index (χ1n) is 6.70. The lowest BCUT2D eigenvalue weighted by molar-refractivity contribution is -0.122. The molecule has 1 aromatic rings. The molecular weight excluding hydrogens is 331 g/mol. The number of morpholine rings is 1. The summed E-state index contributed by atoms with van der Waals surface area (Å²) in [7, 11) is 0. The average molecular weight is 351 g/mol. The molecule has 21 heavy (non-hydrogen) atoms. The number of thioether (sulfide) groups is 1. The summed E-state index contributed by atoms with van der Waals surface area (Å²) >= 11 is 7.53. The average Bonchev–Trinajstić information content (AvgIpc) is 2.46. The maximum absolute atomic E-state index is 11.7. The standard InChI is InChI=1S/C14H19ClN2O2S.ClH/c15-11-1-3-13(4-2-11)20-8-6-17-14(18)9-12-10-19-7-5-16-12;/h1-4,12,16H,5-10H2,(H,17,18);1H. The van der Waals surface area contributed by atoms with Gasteiger partial charge < -0.3 is 15.4 Å². The van der Waals surface area contributed by atoms with Crippen molar-refractivity contribution in [2.45, 2.75) is 17.4 Å². The van der Waals surface area contributed by atoms with E-state index in [0.29, 0.717) is 19.6 Å². The topological polar surface area (TPSA) is 50.4 Å². The zero-order chi connectivity index (χ0) is 14.2. The molecule has 4 nitrogen and oxygen atoms in total. The number of halogens is 2. The molecule has 1 fully saturated rings. The highest BCUT2D eigenvalue weighted by Gasteiger charge is 2.16. The summed E-state index contributed by atoms with van der Waals surface area (Å²) in [6.07, 6.45) is 0.478. The SMILES string of the molecule is Cl.O=C(CC1COCCN1)NCCSc1ccc(Cl)cc1. The number of hydrogen-bond acceptors (Lipinski definition) is 4. The van der Waals surface area contributed by atoms with Gasteiger partial charge in [0.1, 0.15) is 0 Å². The van der Waals surface area contributed by atoms with E-state index in [1.165, 1.54) is 0 Å². The Labute approximate surface area is 140 Å². The van der Waals surface area contributed by atoms with Crippen LogP contribution in [0.3, 0.4) is 0 Å². The minimum atomic E-state index is 0. The number of nitrogens with one attached hydrogen (secondary N) is 2. The van der Waals surface area contributed by atoms with Crippen molar-refractivity contribution in [2.24, 2.45) is 0 Å². The number of rotatable bonds is 6. The molecule has 7 heteroatoms. The van der Waals surface area contributed by atoms with Gasteiger partial charge in [0.05, 0.1) is 13.2 Å². The summed E-state index contributed by atoms with van der Waals surface area (Å²) < 4.78 is 5.32. The molecule has 1 atom stereocenters. The summed E-state index contributed by atoms with van der Waals surface area (Å²) in [4.78, 5) is 12.9. The molecule has 0 saturated carbocycles. The Morgan fingerprint density at radius 3 is 2.86 bits per heavy atom. The first-order chi connectivity index (χ1) is 9.74. The number of amides is 1. The lowest BCUT2D eigenvalue weighted by Crippen LogP contribution is -2.44. The van der Waals surface area contributed by atoms with Crippen molar-refractivity contribution in [3.05, 3.63) is 29.3 Å². The number of hydrogen-bond donors (Lipinski definition) is 2. The van der Waals surface area contributed by atoms with Crippen molar-refractivity contribution in [3.8, 4) is 0 Å². The molecule has 1 aromatic carbocycles. The van der Waals surface area contributed by atoms with Gasteiger partial charge in [0.25, 0.3) is 0 Å². The lowest BCUT2D eigenvalue weighted by Gasteiger charge is -2.23. The van der Waals surface area contributed by atoms with Crippen LogP contribution < -0.4 is 10.6 Å². The van der Waals surface area contributed by atoms with Crippen LogP contribution in [-0.4, -0.2) is 44.0 Å². The molecule has 1 saturated heterocycles. The molecule has 2 rings (SSSR count). The van der Waals surface area contributed by atoms with E-state index in [9.17, 15) is 4.79 Å². The third kappa shape index (κ3) is 7.38. The smallest absolute Gasteiger partial charge is 0.221 e. The van der Waals surface area contributed by atoms with E-state index in [1.54, 1.807) is 11.8 Å². The van der Waals surface area contributed by atoms with Gasteiger partial charge in [-0.2, -0.15) is 0 Å². The molecule has 1 heterocycles. The minimum Gasteiger partial charge on any atom is -0.378 e. The van der Waals surface area contributed by atoms with Gasteiger partial charge in [-0.3, -0.25) is 4.79 Å². The molecule has 0 spiro atoms. The highest BCUT2D eigenvalue weighted by Crippen LogP contribution is 2.19. The molecule has 118 valence electrons. The fourth-order valence-corrected chi connectivity index (χ4v) is 2.83. The Balaban J connectivity index is 0.00000220. The van der Waals surface area contributed by atoms with Crippen LogP contribution in [0.2, 0.25) is 5.02 Å². The number of ether oxygens (including phenoxy) is 1. The van der Waals surface area contributed by atoms with Crippen molar-refractivity contribution in [3.63, 3.8) is 0 Å². The van der Waals surface area contributed by atoms with Crippen LogP contribution in [0.5, 0.6) is 0 Å². The molecule has 1 aliphatic heterocycles. The predicted molar refractivity (Wildman–Crippen MR) is 89.7 cm³/mol. The van der Waals surface area contributed by atoms with Crippen LogP contribution in [0.25, 0.3) is 0 Å². The summed E-state index contributed by atoms with van der Waals surface area (Å²) in [5, 5.41) is 6.94. The molecule has 0 aliphatic carbocycles. The molecule has 1 aliphatic rings. The number of carbonyl (C=O) groups excluding carboxylic acids is 1. The van der Waals surface area contributed by atoms with Crippen LogP contribution in [-0.2, 0) is 9.53 Å². The molecular formula is C14H20Cl2N2O2S. The largest absolute Gasteiger partial charge is 0.378 e. The molecule has 0 radical (unpaired) electrons. The normalized spacial score (nSPS) is 17.9. The van der Waals surface area contributed by atoms with Crippen LogP contribution in [0.4, 0.5) is 0 Å². The predicted octanol–water partition coefficient (Wildman–Crippen LogP) is 2.35. The van der Waals surface area contributed by atoms with E-state index < -0.39 is 0 Å². The van der Waals surface area contributed by atoms with Crippen LogP contribution in [0.1, 0.15) is 6.42 Å². The van der Waals surface area contributed by atoms with Crippen LogP contribution >= 0.6 is 35.8 Å². The van der Waals surface area contributed by atoms with Gasteiger partial charge in [-0.25, -0.2) is 0 Å².